The van der Waals surface area contributed by atoms with Gasteiger partial charge in [-0.25, -0.2) is 0 Å². The van der Waals surface area contributed by atoms with E-state index in [-0.39, 0.29) is 11.3 Å². The Labute approximate surface area is 166 Å². The summed E-state index contributed by atoms with van der Waals surface area (Å²) < 4.78 is 5.95. The molecule has 2 heterocycles. The SMILES string of the molecule is C[C@H](Oc1ccc(C(C)(C)C)cc1)C(=O)N1CCc2[nH]c3ccccc3c2C1. The monoisotopic (exact) mass is 376 g/mol. The van der Waals surface area contributed by atoms with E-state index in [0.717, 1.165) is 24.2 Å². The first-order chi connectivity index (χ1) is 13.3. The number of rotatable bonds is 3. The Balaban J connectivity index is 1.46. The van der Waals surface area contributed by atoms with Crippen LogP contribution in [0.1, 0.15) is 44.5 Å². The molecule has 0 saturated carbocycles. The fraction of sp³-hybridized carbons (Fsp3) is 0.375. The van der Waals surface area contributed by atoms with Crippen LogP contribution in [0.5, 0.6) is 5.75 Å². The summed E-state index contributed by atoms with van der Waals surface area (Å²) >= 11 is 0. The average Bonchev–Trinajstić information content (AvgIpc) is 3.05. The molecule has 1 aliphatic rings. The summed E-state index contributed by atoms with van der Waals surface area (Å²) in [5.74, 6) is 0.773. The number of fused-ring (bicyclic) bond motifs is 3. The van der Waals surface area contributed by atoms with Crippen LogP contribution in [0.25, 0.3) is 10.9 Å². The molecule has 146 valence electrons. The van der Waals surface area contributed by atoms with Gasteiger partial charge in [-0.2, -0.15) is 0 Å². The highest BCUT2D eigenvalue weighted by atomic mass is 16.5. The molecule has 4 rings (SSSR count). The van der Waals surface area contributed by atoms with Crippen LogP contribution in [0, 0.1) is 0 Å². The van der Waals surface area contributed by atoms with Gasteiger partial charge in [0.15, 0.2) is 6.10 Å². The van der Waals surface area contributed by atoms with Crippen molar-refractivity contribution in [2.45, 2.75) is 52.2 Å². The van der Waals surface area contributed by atoms with E-state index in [9.17, 15) is 4.79 Å². The maximum Gasteiger partial charge on any atom is 0.263 e. The number of benzene rings is 2. The standard InChI is InChI=1S/C24H28N2O2/c1-16(28-18-11-9-17(10-12-18)24(2,3)4)23(27)26-14-13-22-20(15-26)19-7-5-6-8-21(19)25-22/h5-12,16,25H,13-15H2,1-4H3/t16-/m0/s1. The van der Waals surface area contributed by atoms with E-state index >= 15 is 0 Å². The molecule has 28 heavy (non-hydrogen) atoms. The number of hydrogen-bond donors (Lipinski definition) is 1. The number of carbonyl (C=O) groups excluding carboxylic acids is 1. The molecule has 1 N–H and O–H groups in total. The Kier molecular flexibility index (Phi) is 4.66. The lowest BCUT2D eigenvalue weighted by Gasteiger charge is -2.29. The van der Waals surface area contributed by atoms with Crippen LogP contribution in [0.3, 0.4) is 0 Å². The topological polar surface area (TPSA) is 45.3 Å². The van der Waals surface area contributed by atoms with Gasteiger partial charge in [0.25, 0.3) is 5.91 Å². The van der Waals surface area contributed by atoms with E-state index in [1.807, 2.05) is 36.1 Å². The van der Waals surface area contributed by atoms with Gasteiger partial charge in [-0.15, -0.1) is 0 Å². The number of nitrogens with one attached hydrogen (secondary N) is 1. The number of carbonyl (C=O) groups is 1. The zero-order chi connectivity index (χ0) is 19.9. The Morgan fingerprint density at radius 1 is 1.11 bits per heavy atom. The summed E-state index contributed by atoms with van der Waals surface area (Å²) in [6.07, 6.45) is 0.343. The van der Waals surface area contributed by atoms with E-state index in [2.05, 4.69) is 50.0 Å². The van der Waals surface area contributed by atoms with E-state index < -0.39 is 6.10 Å². The number of aromatic nitrogens is 1. The van der Waals surface area contributed by atoms with Gasteiger partial charge in [0.2, 0.25) is 0 Å². The van der Waals surface area contributed by atoms with Gasteiger partial charge in [0, 0.05) is 41.7 Å². The van der Waals surface area contributed by atoms with Crippen molar-refractivity contribution in [1.82, 2.24) is 9.88 Å². The molecule has 0 bridgehead atoms. The van der Waals surface area contributed by atoms with Crippen LogP contribution in [0.15, 0.2) is 48.5 Å². The maximum absolute atomic E-state index is 13.0. The summed E-state index contributed by atoms with van der Waals surface area (Å²) in [7, 11) is 0. The summed E-state index contributed by atoms with van der Waals surface area (Å²) in [6, 6.07) is 16.4. The van der Waals surface area contributed by atoms with Crippen molar-refractivity contribution in [3.63, 3.8) is 0 Å². The van der Waals surface area contributed by atoms with Crippen LogP contribution < -0.4 is 4.74 Å². The number of para-hydroxylation sites is 1. The number of ether oxygens (including phenoxy) is 1. The molecule has 0 unspecified atom stereocenters. The van der Waals surface area contributed by atoms with E-state index in [0.29, 0.717) is 6.54 Å². The van der Waals surface area contributed by atoms with Crippen LogP contribution in [0.4, 0.5) is 0 Å². The summed E-state index contributed by atoms with van der Waals surface area (Å²) in [5, 5.41) is 1.21. The van der Waals surface area contributed by atoms with E-state index in [4.69, 9.17) is 4.74 Å². The molecule has 2 aromatic carbocycles. The van der Waals surface area contributed by atoms with Crippen LogP contribution in [0.2, 0.25) is 0 Å². The van der Waals surface area contributed by atoms with Gasteiger partial charge >= 0.3 is 0 Å². The second kappa shape index (κ2) is 7.01. The first-order valence-corrected chi connectivity index (χ1v) is 9.97. The molecule has 4 nitrogen and oxygen atoms in total. The number of hydrogen-bond acceptors (Lipinski definition) is 2. The normalized spacial score (nSPS) is 15.4. The van der Waals surface area contributed by atoms with Crippen molar-refractivity contribution in [1.29, 1.82) is 0 Å². The molecule has 1 aromatic heterocycles. The third-order valence-corrected chi connectivity index (χ3v) is 5.58. The molecule has 0 saturated heterocycles. The maximum atomic E-state index is 13.0. The fourth-order valence-corrected chi connectivity index (χ4v) is 3.90. The van der Waals surface area contributed by atoms with Crippen molar-refractivity contribution in [2.75, 3.05) is 6.54 Å². The molecule has 0 aliphatic carbocycles. The van der Waals surface area contributed by atoms with Crippen molar-refractivity contribution in [3.05, 3.63) is 65.4 Å². The van der Waals surface area contributed by atoms with Gasteiger partial charge in [-0.1, -0.05) is 51.1 Å². The number of aromatic amines is 1. The van der Waals surface area contributed by atoms with Crippen molar-refractivity contribution in [2.24, 2.45) is 0 Å². The minimum Gasteiger partial charge on any atom is -0.481 e. The molecular formula is C24H28N2O2. The second-order valence-corrected chi connectivity index (χ2v) is 8.67. The first-order valence-electron chi connectivity index (χ1n) is 9.97. The lowest BCUT2D eigenvalue weighted by atomic mass is 9.87. The summed E-state index contributed by atoms with van der Waals surface area (Å²) in [4.78, 5) is 18.4. The molecule has 0 fully saturated rings. The Morgan fingerprint density at radius 2 is 1.82 bits per heavy atom. The van der Waals surface area contributed by atoms with Gasteiger partial charge in [-0.05, 0) is 36.1 Å². The molecule has 1 atom stereocenters. The van der Waals surface area contributed by atoms with Crippen molar-refractivity contribution >= 4 is 16.8 Å². The minimum absolute atomic E-state index is 0.0378. The Morgan fingerprint density at radius 3 is 2.54 bits per heavy atom. The molecule has 1 aliphatic heterocycles. The largest absolute Gasteiger partial charge is 0.481 e. The highest BCUT2D eigenvalue weighted by Crippen LogP contribution is 2.28. The average molecular weight is 377 g/mol. The first kappa shape index (κ1) is 18.6. The predicted octanol–water partition coefficient (Wildman–Crippen LogP) is 4.82. The second-order valence-electron chi connectivity index (χ2n) is 8.67. The lowest BCUT2D eigenvalue weighted by Crippen LogP contribution is -2.43. The van der Waals surface area contributed by atoms with E-state index in [1.54, 1.807) is 0 Å². The number of nitrogens with zero attached hydrogens (tertiary/aromatic N) is 1. The summed E-state index contributed by atoms with van der Waals surface area (Å²) in [6.45, 7) is 9.74. The smallest absolute Gasteiger partial charge is 0.263 e. The zero-order valence-corrected chi connectivity index (χ0v) is 17.1. The highest BCUT2D eigenvalue weighted by molar-refractivity contribution is 5.86. The van der Waals surface area contributed by atoms with Gasteiger partial charge in [0.1, 0.15) is 5.75 Å². The fourth-order valence-electron chi connectivity index (χ4n) is 3.90. The van der Waals surface area contributed by atoms with E-state index in [1.165, 1.54) is 22.2 Å². The molecule has 4 heteroatoms. The molecular weight excluding hydrogens is 348 g/mol. The molecule has 0 spiro atoms. The van der Waals surface area contributed by atoms with Gasteiger partial charge < -0.3 is 14.6 Å². The third-order valence-electron chi connectivity index (χ3n) is 5.58. The van der Waals surface area contributed by atoms with Crippen molar-refractivity contribution in [3.8, 4) is 5.75 Å². The van der Waals surface area contributed by atoms with Crippen LogP contribution >= 0.6 is 0 Å². The Bertz CT molecular complexity index is 996. The van der Waals surface area contributed by atoms with Crippen LogP contribution in [-0.2, 0) is 23.2 Å². The molecule has 0 radical (unpaired) electrons. The lowest BCUT2D eigenvalue weighted by molar-refractivity contribution is -0.138. The van der Waals surface area contributed by atoms with Gasteiger partial charge in [-0.3, -0.25) is 4.79 Å². The molecule has 1 amide bonds. The zero-order valence-electron chi connectivity index (χ0n) is 17.1. The molecule has 3 aromatic rings. The Hall–Kier alpha value is -2.75. The van der Waals surface area contributed by atoms with Crippen molar-refractivity contribution < 1.29 is 9.53 Å². The number of amides is 1. The number of H-pyrrole nitrogens is 1. The quantitative estimate of drug-likeness (QED) is 0.712. The van der Waals surface area contributed by atoms with Gasteiger partial charge in [0.05, 0.1) is 0 Å². The third kappa shape index (κ3) is 3.51. The van der Waals surface area contributed by atoms with Crippen LogP contribution in [-0.4, -0.2) is 28.4 Å². The predicted molar refractivity (Wildman–Crippen MR) is 113 cm³/mol. The minimum atomic E-state index is -0.507. The highest BCUT2D eigenvalue weighted by Gasteiger charge is 2.28. The summed E-state index contributed by atoms with van der Waals surface area (Å²) in [5.41, 5.74) is 4.98.